The van der Waals surface area contributed by atoms with Gasteiger partial charge in [0.05, 0.1) is 6.10 Å². The molecule has 3 atom stereocenters. The number of hydrogen-bond donors (Lipinski definition) is 1. The summed E-state index contributed by atoms with van der Waals surface area (Å²) in [6.07, 6.45) is 2.44. The lowest BCUT2D eigenvalue weighted by atomic mass is 9.93. The summed E-state index contributed by atoms with van der Waals surface area (Å²) in [5, 5.41) is 0. The molecule has 1 aromatic carbocycles. The zero-order valence-electron chi connectivity index (χ0n) is 11.9. The molecule has 1 amide bonds. The smallest absolute Gasteiger partial charge is 0.256 e. The summed E-state index contributed by atoms with van der Waals surface area (Å²) in [4.78, 5) is 14.6. The predicted octanol–water partition coefficient (Wildman–Crippen LogP) is 1.72. The minimum absolute atomic E-state index is 0.0430. The van der Waals surface area contributed by atoms with Gasteiger partial charge in [0.15, 0.2) is 0 Å². The molecule has 2 aliphatic rings. The molecule has 1 fully saturated rings. The van der Waals surface area contributed by atoms with Crippen molar-refractivity contribution in [1.82, 2.24) is 0 Å². The number of benzene rings is 1. The Morgan fingerprint density at radius 2 is 2.20 bits per heavy atom. The first-order valence-electron chi connectivity index (χ1n) is 7.44. The number of fused-ring (bicyclic) bond motifs is 1. The monoisotopic (exact) mass is 274 g/mol. The summed E-state index contributed by atoms with van der Waals surface area (Å²) in [5.41, 5.74) is 7.93. The lowest BCUT2D eigenvalue weighted by Gasteiger charge is -2.34. The van der Waals surface area contributed by atoms with Crippen molar-refractivity contribution in [2.45, 2.75) is 38.4 Å². The number of nitrogens with two attached hydrogens (primary N) is 1. The molecule has 1 aromatic rings. The first-order chi connectivity index (χ1) is 9.69. The lowest BCUT2D eigenvalue weighted by molar-refractivity contribution is -0.129. The van der Waals surface area contributed by atoms with E-state index in [4.69, 9.17) is 10.5 Å². The van der Waals surface area contributed by atoms with E-state index in [1.165, 1.54) is 5.56 Å². The zero-order valence-corrected chi connectivity index (χ0v) is 11.9. The summed E-state index contributed by atoms with van der Waals surface area (Å²) >= 11 is 0. The summed E-state index contributed by atoms with van der Waals surface area (Å²) < 4.78 is 5.76. The maximum atomic E-state index is 12.7. The van der Waals surface area contributed by atoms with Crippen molar-refractivity contribution in [1.29, 1.82) is 0 Å². The van der Waals surface area contributed by atoms with E-state index < -0.39 is 0 Å². The van der Waals surface area contributed by atoms with E-state index in [1.54, 1.807) is 0 Å². The minimum Gasteiger partial charge on any atom is -0.364 e. The average molecular weight is 274 g/mol. The lowest BCUT2D eigenvalue weighted by Crippen LogP contribution is -2.44. The van der Waals surface area contributed by atoms with Crippen molar-refractivity contribution in [3.8, 4) is 0 Å². The van der Waals surface area contributed by atoms with Crippen LogP contribution in [0.2, 0.25) is 0 Å². The first-order valence-corrected chi connectivity index (χ1v) is 7.44. The van der Waals surface area contributed by atoms with Crippen molar-refractivity contribution < 1.29 is 9.53 Å². The zero-order chi connectivity index (χ0) is 14.1. The molecule has 0 saturated carbocycles. The van der Waals surface area contributed by atoms with Crippen LogP contribution in [0.4, 0.5) is 5.69 Å². The number of anilines is 1. The highest BCUT2D eigenvalue weighted by molar-refractivity contribution is 5.97. The Morgan fingerprint density at radius 3 is 2.95 bits per heavy atom. The van der Waals surface area contributed by atoms with Crippen molar-refractivity contribution in [2.24, 2.45) is 11.7 Å². The van der Waals surface area contributed by atoms with Gasteiger partial charge in [-0.2, -0.15) is 0 Å². The van der Waals surface area contributed by atoms with Gasteiger partial charge < -0.3 is 15.4 Å². The van der Waals surface area contributed by atoms with Crippen LogP contribution in [0.5, 0.6) is 0 Å². The van der Waals surface area contributed by atoms with Gasteiger partial charge in [0, 0.05) is 18.8 Å². The third-order valence-electron chi connectivity index (χ3n) is 4.26. The van der Waals surface area contributed by atoms with Crippen molar-refractivity contribution in [2.75, 3.05) is 18.0 Å². The third-order valence-corrected chi connectivity index (χ3v) is 4.26. The fourth-order valence-corrected chi connectivity index (χ4v) is 3.24. The van der Waals surface area contributed by atoms with Crippen LogP contribution in [0.15, 0.2) is 24.3 Å². The molecule has 1 saturated heterocycles. The molecule has 108 valence electrons. The number of nitrogens with zero attached hydrogens (tertiary/aromatic N) is 1. The summed E-state index contributed by atoms with van der Waals surface area (Å²) in [5.74, 6) is 0.584. The number of carbonyl (C=O) groups excluding carboxylic acids is 1. The molecule has 1 unspecified atom stereocenters. The SMILES string of the molecule is CC1Cc2ccccc2N(C(=O)[C@@H]2CC[C@H](CN)O2)C1. The standard InChI is InChI=1S/C16H22N2O2/c1-11-8-12-4-2-3-5-14(12)18(10-11)16(19)15-7-6-13(9-17)20-15/h2-5,11,13,15H,6-10,17H2,1H3/t11?,13-,15+/m1/s1. The van der Waals surface area contributed by atoms with Crippen LogP contribution in [0.3, 0.4) is 0 Å². The Labute approximate surface area is 119 Å². The Kier molecular flexibility index (Phi) is 3.76. The molecule has 20 heavy (non-hydrogen) atoms. The highest BCUT2D eigenvalue weighted by Crippen LogP contribution is 2.31. The molecule has 2 aliphatic heterocycles. The first kappa shape index (κ1) is 13.6. The van der Waals surface area contributed by atoms with Crippen LogP contribution in [-0.4, -0.2) is 31.2 Å². The summed E-state index contributed by atoms with van der Waals surface area (Å²) in [6.45, 7) is 3.47. The van der Waals surface area contributed by atoms with Crippen LogP contribution in [0, 0.1) is 5.92 Å². The van der Waals surface area contributed by atoms with Crippen LogP contribution >= 0.6 is 0 Å². The van der Waals surface area contributed by atoms with Gasteiger partial charge in [-0.05, 0) is 36.8 Å². The average Bonchev–Trinajstić information content (AvgIpc) is 2.94. The largest absolute Gasteiger partial charge is 0.364 e. The number of amides is 1. The molecular formula is C16H22N2O2. The highest BCUT2D eigenvalue weighted by Gasteiger charge is 2.35. The Morgan fingerprint density at radius 1 is 1.40 bits per heavy atom. The summed E-state index contributed by atoms with van der Waals surface area (Å²) in [6, 6.07) is 8.18. The number of ether oxygens (including phenoxy) is 1. The molecule has 2 heterocycles. The van der Waals surface area contributed by atoms with E-state index in [0.29, 0.717) is 12.5 Å². The molecule has 2 N–H and O–H groups in total. The van der Waals surface area contributed by atoms with Gasteiger partial charge in [-0.25, -0.2) is 0 Å². The number of para-hydroxylation sites is 1. The van der Waals surface area contributed by atoms with E-state index >= 15 is 0 Å². The van der Waals surface area contributed by atoms with Gasteiger partial charge >= 0.3 is 0 Å². The Hall–Kier alpha value is -1.39. The van der Waals surface area contributed by atoms with E-state index in [0.717, 1.165) is 31.5 Å². The van der Waals surface area contributed by atoms with Crippen molar-refractivity contribution in [3.05, 3.63) is 29.8 Å². The molecule has 4 nitrogen and oxygen atoms in total. The van der Waals surface area contributed by atoms with Gasteiger partial charge in [0.2, 0.25) is 0 Å². The van der Waals surface area contributed by atoms with Gasteiger partial charge in [0.1, 0.15) is 6.10 Å². The fraction of sp³-hybridized carbons (Fsp3) is 0.562. The normalized spacial score (nSPS) is 29.3. The molecule has 4 heteroatoms. The van der Waals surface area contributed by atoms with E-state index in [1.807, 2.05) is 23.1 Å². The fourth-order valence-electron chi connectivity index (χ4n) is 3.24. The Balaban J connectivity index is 1.81. The van der Waals surface area contributed by atoms with Crippen LogP contribution in [0.1, 0.15) is 25.3 Å². The highest BCUT2D eigenvalue weighted by atomic mass is 16.5. The topological polar surface area (TPSA) is 55.6 Å². The number of carbonyl (C=O) groups is 1. The molecule has 0 aromatic heterocycles. The Bertz CT molecular complexity index is 503. The number of rotatable bonds is 2. The van der Waals surface area contributed by atoms with Gasteiger partial charge in [0.25, 0.3) is 5.91 Å². The second-order valence-electron chi connectivity index (χ2n) is 5.95. The second-order valence-corrected chi connectivity index (χ2v) is 5.95. The maximum Gasteiger partial charge on any atom is 0.256 e. The van der Waals surface area contributed by atoms with Crippen LogP contribution in [-0.2, 0) is 16.0 Å². The van der Waals surface area contributed by atoms with Gasteiger partial charge in [-0.1, -0.05) is 25.1 Å². The van der Waals surface area contributed by atoms with Crippen molar-refractivity contribution in [3.63, 3.8) is 0 Å². The molecular weight excluding hydrogens is 252 g/mol. The molecule has 0 aliphatic carbocycles. The summed E-state index contributed by atoms with van der Waals surface area (Å²) in [7, 11) is 0. The second kappa shape index (κ2) is 5.54. The maximum absolute atomic E-state index is 12.7. The van der Waals surface area contributed by atoms with Gasteiger partial charge in [-0.15, -0.1) is 0 Å². The molecule has 0 bridgehead atoms. The molecule has 0 radical (unpaired) electrons. The van der Waals surface area contributed by atoms with E-state index in [2.05, 4.69) is 13.0 Å². The van der Waals surface area contributed by atoms with Crippen molar-refractivity contribution >= 4 is 11.6 Å². The quantitative estimate of drug-likeness (QED) is 0.893. The predicted molar refractivity (Wildman–Crippen MR) is 78.6 cm³/mol. The van der Waals surface area contributed by atoms with Crippen LogP contribution in [0.25, 0.3) is 0 Å². The minimum atomic E-state index is -0.318. The van der Waals surface area contributed by atoms with Gasteiger partial charge in [-0.3, -0.25) is 4.79 Å². The molecule has 0 spiro atoms. The van der Waals surface area contributed by atoms with E-state index in [-0.39, 0.29) is 18.1 Å². The molecule has 3 rings (SSSR count). The van der Waals surface area contributed by atoms with E-state index in [9.17, 15) is 4.79 Å². The number of hydrogen-bond acceptors (Lipinski definition) is 3. The van der Waals surface area contributed by atoms with Crippen LogP contribution < -0.4 is 10.6 Å². The third kappa shape index (κ3) is 2.45.